The molecule has 1 heterocycles. The highest BCUT2D eigenvalue weighted by Gasteiger charge is 2.39. The summed E-state index contributed by atoms with van der Waals surface area (Å²) in [5, 5.41) is 17.0. The summed E-state index contributed by atoms with van der Waals surface area (Å²) in [7, 11) is -5.27. The molecule has 0 aromatic heterocycles. The van der Waals surface area contributed by atoms with Crippen molar-refractivity contribution >= 4 is 49.9 Å². The van der Waals surface area contributed by atoms with E-state index in [0.717, 1.165) is 4.90 Å². The first-order valence-corrected chi connectivity index (χ1v) is 20.1. The van der Waals surface area contributed by atoms with E-state index in [2.05, 4.69) is 41.8 Å². The van der Waals surface area contributed by atoms with Gasteiger partial charge in [-0.25, -0.2) is 13.9 Å². The van der Waals surface area contributed by atoms with Gasteiger partial charge in [-0.3, -0.25) is 24.3 Å². The normalized spacial score (nSPS) is 18.6. The molecule has 1 aromatic carbocycles. The first-order valence-electron chi connectivity index (χ1n) is 16.7. The molecule has 0 bridgehead atoms. The second-order valence-electron chi connectivity index (χ2n) is 10.9. The summed E-state index contributed by atoms with van der Waals surface area (Å²) in [5.74, 6) is 5.18. The number of amidine groups is 1. The minimum atomic E-state index is -2.97. The number of carbonyl (C=O) groups excluding carboxylic acids is 3. The molecule has 6 unspecified atom stereocenters. The van der Waals surface area contributed by atoms with Crippen molar-refractivity contribution < 1.29 is 75.8 Å². The molecular weight excluding hydrogens is 821 g/mol. The fourth-order valence-electron chi connectivity index (χ4n) is 4.38. The van der Waals surface area contributed by atoms with E-state index in [4.69, 9.17) is 64.8 Å². The molecule has 1 saturated heterocycles. The van der Waals surface area contributed by atoms with Gasteiger partial charge in [0.15, 0.2) is 0 Å². The first kappa shape index (κ1) is 50.0. The number of hydrogen-bond donors (Lipinski definition) is 10. The molecule has 24 nitrogen and oxygen atoms in total. The van der Waals surface area contributed by atoms with E-state index in [-0.39, 0.29) is 70.0 Å². The molecule has 0 aliphatic carbocycles. The molecule has 13 N–H and O–H groups in total. The number of amides is 3. The van der Waals surface area contributed by atoms with Crippen LogP contribution in [0.5, 0.6) is 5.75 Å². The molecule has 0 radical (unpaired) electrons. The van der Waals surface area contributed by atoms with Crippen molar-refractivity contribution in [1.82, 2.24) is 20.9 Å². The molecule has 1 aliphatic rings. The van der Waals surface area contributed by atoms with E-state index in [1.54, 1.807) is 31.3 Å². The van der Waals surface area contributed by atoms with E-state index in [1.165, 1.54) is 13.2 Å². The lowest BCUT2D eigenvalue weighted by Gasteiger charge is -2.22. The average Bonchev–Trinajstić information content (AvgIpc) is 3.60. The molecule has 6 atom stereocenters. The van der Waals surface area contributed by atoms with Gasteiger partial charge in [-0.15, -0.1) is 0 Å². The third-order valence-electron chi connectivity index (χ3n) is 6.99. The average molecular weight is 871 g/mol. The predicted octanol–water partition coefficient (Wildman–Crippen LogP) is -1.61. The zero-order valence-electron chi connectivity index (χ0n) is 31.0. The SMILES string of the molecule is C/N=C(N)\C(C#CCNC(=O)COCCOC(N)COc1cccc(C(=O)NCCNC)c1)=C/N(C=O)C1CC(OCN)C(COP(O)OP(OO)OP(O)O)O1. The summed E-state index contributed by atoms with van der Waals surface area (Å²) in [4.78, 5) is 69.3. The Bertz CT molecular complexity index is 1490. The number of carbonyl (C=O) groups is 3. The number of nitrogens with zero attached hydrogens (tertiary/aromatic N) is 2. The number of aliphatic imine (C=N–C) groups is 1. The van der Waals surface area contributed by atoms with Gasteiger partial charge >= 0.3 is 25.8 Å². The number of benzene rings is 1. The maximum absolute atomic E-state index is 12.3. The number of nitrogens with two attached hydrogens (primary N) is 3. The van der Waals surface area contributed by atoms with Gasteiger partial charge in [0.1, 0.15) is 43.4 Å². The molecular formula is C30H49N8O16P3. The van der Waals surface area contributed by atoms with Crippen LogP contribution in [-0.4, -0.2) is 147 Å². The van der Waals surface area contributed by atoms with Crippen LogP contribution in [0.3, 0.4) is 0 Å². The van der Waals surface area contributed by atoms with Crippen LogP contribution in [0, 0.1) is 11.8 Å². The molecule has 320 valence electrons. The molecule has 27 heteroatoms. The number of hydrogen-bond acceptors (Lipinski definition) is 20. The highest BCUT2D eigenvalue weighted by molar-refractivity contribution is 7.60. The first-order chi connectivity index (χ1) is 27.4. The molecule has 2 rings (SSSR count). The van der Waals surface area contributed by atoms with Gasteiger partial charge in [0.25, 0.3) is 5.91 Å². The third-order valence-corrected chi connectivity index (χ3v) is 9.71. The molecule has 1 aliphatic heterocycles. The molecule has 1 fully saturated rings. The quantitative estimate of drug-likeness (QED) is 0.00521. The molecule has 0 spiro atoms. The van der Waals surface area contributed by atoms with Crippen LogP contribution >= 0.6 is 25.8 Å². The number of rotatable bonds is 28. The Morgan fingerprint density at radius 3 is 2.67 bits per heavy atom. The van der Waals surface area contributed by atoms with Crippen molar-refractivity contribution in [2.24, 2.45) is 22.2 Å². The van der Waals surface area contributed by atoms with E-state index < -0.39 is 56.4 Å². The van der Waals surface area contributed by atoms with Gasteiger partial charge in [-0.2, -0.15) is 4.67 Å². The number of nitrogens with one attached hydrogen (secondary N) is 3. The lowest BCUT2D eigenvalue weighted by atomic mass is 10.2. The Morgan fingerprint density at radius 1 is 1.19 bits per heavy atom. The highest BCUT2D eigenvalue weighted by Crippen LogP contribution is 2.57. The van der Waals surface area contributed by atoms with Gasteiger partial charge in [0, 0.05) is 38.3 Å². The Hall–Kier alpha value is -3.11. The lowest BCUT2D eigenvalue weighted by molar-refractivity contribution is -0.144. The monoisotopic (exact) mass is 870 g/mol. The minimum Gasteiger partial charge on any atom is -0.489 e. The van der Waals surface area contributed by atoms with Gasteiger partial charge in [0.05, 0.1) is 44.8 Å². The van der Waals surface area contributed by atoms with Crippen LogP contribution in [0.1, 0.15) is 16.8 Å². The summed E-state index contributed by atoms with van der Waals surface area (Å²) < 4.78 is 45.9. The largest absolute Gasteiger partial charge is 0.489 e. The highest BCUT2D eigenvalue weighted by atomic mass is 31.3. The Kier molecular flexibility index (Phi) is 25.6. The van der Waals surface area contributed by atoms with Crippen LogP contribution in [0.4, 0.5) is 0 Å². The molecule has 57 heavy (non-hydrogen) atoms. The standard InChI is InChI=1S/C30H49N8O16P3/c1-34-9-10-37-30(41)21-5-3-7-23(13-21)48-17-26(32)47-12-11-46-18-27(40)36-8-4-6-22(29(33)35-2)15-38(20-39)28-14-24(49-19-31)25(51-28)16-50-56(45)54-57(52-42)53-55(43)44/h3,5,7,13,15,20,24-26,28,34,42-45H,8-12,14,16-19,31-32H2,1-2H3,(H2,33,35)(H,36,40)(H,37,41)/b22-15-. The second kappa shape index (κ2) is 29.2. The molecule has 3 amide bonds. The lowest BCUT2D eigenvalue weighted by Crippen LogP contribution is -2.33. The summed E-state index contributed by atoms with van der Waals surface area (Å²) >= 11 is 0. The predicted molar refractivity (Wildman–Crippen MR) is 204 cm³/mol. The summed E-state index contributed by atoms with van der Waals surface area (Å²) in [6, 6.07) is 6.65. The van der Waals surface area contributed by atoms with Crippen LogP contribution < -0.4 is 37.9 Å². The maximum Gasteiger partial charge on any atom is 0.376 e. The Labute approximate surface area is 332 Å². The number of ether oxygens (including phenoxy) is 5. The van der Waals surface area contributed by atoms with Gasteiger partial charge in [-0.05, 0) is 25.2 Å². The van der Waals surface area contributed by atoms with E-state index in [0.29, 0.717) is 30.8 Å². The smallest absolute Gasteiger partial charge is 0.376 e. The van der Waals surface area contributed by atoms with Crippen molar-refractivity contribution in [3.05, 3.63) is 41.6 Å². The van der Waals surface area contributed by atoms with E-state index in [1.807, 2.05) is 0 Å². The van der Waals surface area contributed by atoms with Gasteiger partial charge < -0.3 is 76.0 Å². The summed E-state index contributed by atoms with van der Waals surface area (Å²) in [5.41, 5.74) is 18.0. The van der Waals surface area contributed by atoms with Crippen molar-refractivity contribution in [2.75, 3.05) is 73.5 Å². The fraction of sp³-hybridized carbons (Fsp3) is 0.533. The second-order valence-corrected chi connectivity index (χ2v) is 14.1. The fourth-order valence-corrected chi connectivity index (χ4v) is 6.40. The van der Waals surface area contributed by atoms with Gasteiger partial charge in [0.2, 0.25) is 12.3 Å². The topological polar surface area (TPSA) is 345 Å². The Morgan fingerprint density at radius 2 is 1.98 bits per heavy atom. The summed E-state index contributed by atoms with van der Waals surface area (Å²) in [6.07, 6.45) is -1.53. The van der Waals surface area contributed by atoms with E-state index >= 15 is 0 Å². The van der Waals surface area contributed by atoms with Crippen LogP contribution in [0.2, 0.25) is 0 Å². The van der Waals surface area contributed by atoms with Crippen molar-refractivity contribution in [1.29, 1.82) is 0 Å². The van der Waals surface area contributed by atoms with E-state index in [9.17, 15) is 19.3 Å². The molecule has 0 saturated carbocycles. The van der Waals surface area contributed by atoms with Gasteiger partial charge in [-0.1, -0.05) is 17.9 Å². The van der Waals surface area contributed by atoms with Crippen LogP contribution in [0.25, 0.3) is 0 Å². The maximum atomic E-state index is 12.3. The van der Waals surface area contributed by atoms with Crippen LogP contribution in [-0.2, 0) is 46.4 Å². The minimum absolute atomic E-state index is 0.00785. The van der Waals surface area contributed by atoms with Crippen molar-refractivity contribution in [2.45, 2.75) is 31.1 Å². The van der Waals surface area contributed by atoms with Crippen LogP contribution in [0.15, 0.2) is 41.0 Å². The number of likely N-dealkylation sites (N-methyl/N-ethyl adjacent to an activating group) is 1. The zero-order valence-corrected chi connectivity index (χ0v) is 33.7. The Balaban J connectivity index is 1.80. The van der Waals surface area contributed by atoms with Crippen molar-refractivity contribution in [3.8, 4) is 17.6 Å². The summed E-state index contributed by atoms with van der Waals surface area (Å²) in [6.45, 7) is 0.277. The van der Waals surface area contributed by atoms with Crippen molar-refractivity contribution in [3.63, 3.8) is 0 Å². The third kappa shape index (κ3) is 20.4. The molecule has 1 aromatic rings. The zero-order chi connectivity index (χ0) is 42.0.